The molecule has 1 aromatic heterocycles. The number of nitrogens with one attached hydrogen (secondary N) is 2. The average molecular weight is 411 g/mol. The monoisotopic (exact) mass is 410 g/mol. The van der Waals surface area contributed by atoms with E-state index in [0.717, 1.165) is 27.6 Å². The number of Topliss-reactive ketones (excluding diaryl/α,β-unsaturated/α-hetero) is 1. The summed E-state index contributed by atoms with van der Waals surface area (Å²) in [7, 11) is 0. The van der Waals surface area contributed by atoms with Crippen molar-refractivity contribution in [3.05, 3.63) is 107 Å². The molecular weight excluding hydrogens is 384 g/mol. The van der Waals surface area contributed by atoms with Crippen LogP contribution in [-0.4, -0.2) is 23.2 Å². The fourth-order valence-corrected chi connectivity index (χ4v) is 3.89. The van der Waals surface area contributed by atoms with Gasteiger partial charge >= 0.3 is 0 Å². The maximum atomic E-state index is 12.5. The number of amides is 1. The third kappa shape index (κ3) is 4.92. The smallest absolute Gasteiger partial charge is 0.220 e. The van der Waals surface area contributed by atoms with Gasteiger partial charge < -0.3 is 10.3 Å². The van der Waals surface area contributed by atoms with E-state index >= 15 is 0 Å². The zero-order chi connectivity index (χ0) is 21.6. The molecule has 4 heteroatoms. The highest BCUT2D eigenvalue weighted by Gasteiger charge is 2.19. The van der Waals surface area contributed by atoms with E-state index in [9.17, 15) is 9.59 Å². The van der Waals surface area contributed by atoms with Gasteiger partial charge in [-0.1, -0.05) is 78.4 Å². The number of fused-ring (bicyclic) bond motifs is 1. The molecule has 1 atom stereocenters. The van der Waals surface area contributed by atoms with E-state index in [-0.39, 0.29) is 30.4 Å². The number of H-pyrrole nitrogens is 1. The molecular formula is C27H26N2O2. The first-order chi connectivity index (χ1) is 15.1. The normalized spacial score (nSPS) is 11.9. The van der Waals surface area contributed by atoms with Crippen LogP contribution in [0.25, 0.3) is 10.9 Å². The molecule has 3 aromatic carbocycles. The molecule has 0 radical (unpaired) electrons. The predicted octanol–water partition coefficient (Wildman–Crippen LogP) is 5.39. The molecule has 0 aliphatic heterocycles. The van der Waals surface area contributed by atoms with Gasteiger partial charge in [-0.05, 0) is 24.1 Å². The van der Waals surface area contributed by atoms with Crippen LogP contribution >= 0.6 is 0 Å². The lowest BCUT2D eigenvalue weighted by atomic mass is 9.91. The molecule has 0 saturated heterocycles. The van der Waals surface area contributed by atoms with Gasteiger partial charge in [0.25, 0.3) is 0 Å². The quantitative estimate of drug-likeness (QED) is 0.383. The Hall–Kier alpha value is -3.66. The van der Waals surface area contributed by atoms with Crippen LogP contribution in [0.4, 0.5) is 0 Å². The van der Waals surface area contributed by atoms with Gasteiger partial charge in [-0.15, -0.1) is 0 Å². The second-order valence-electron chi connectivity index (χ2n) is 7.85. The molecule has 0 bridgehead atoms. The van der Waals surface area contributed by atoms with Crippen LogP contribution in [-0.2, 0) is 4.79 Å². The molecule has 4 aromatic rings. The molecule has 0 fully saturated rings. The van der Waals surface area contributed by atoms with E-state index < -0.39 is 0 Å². The first-order valence-corrected chi connectivity index (χ1v) is 10.6. The summed E-state index contributed by atoms with van der Waals surface area (Å²) in [6, 6.07) is 25.8. The van der Waals surface area contributed by atoms with Gasteiger partial charge in [0.05, 0.1) is 0 Å². The summed E-state index contributed by atoms with van der Waals surface area (Å²) in [6.45, 7) is 2.46. The minimum atomic E-state index is -0.110. The third-order valence-electron chi connectivity index (χ3n) is 5.65. The number of aromatic amines is 1. The fraction of sp³-hybridized carbons (Fsp3) is 0.185. The minimum absolute atomic E-state index is 0.00797. The number of aromatic nitrogens is 1. The largest absolute Gasteiger partial charge is 0.361 e. The Labute approximate surface area is 182 Å². The standard InChI is InChI=1S/C27H26N2O2/c1-19-11-13-21(14-12-19)26(30)15-16-27(31)29-17-23(20-7-3-2-4-8-20)24-18-28-25-10-6-5-9-22(24)25/h2-14,18,23,28H,15-17H2,1H3,(H,29,31). The van der Waals surface area contributed by atoms with Gasteiger partial charge in [-0.3, -0.25) is 9.59 Å². The zero-order valence-corrected chi connectivity index (χ0v) is 17.6. The number of hydrogen-bond donors (Lipinski definition) is 2. The van der Waals surface area contributed by atoms with Gasteiger partial charge in [0, 0.05) is 48.0 Å². The van der Waals surface area contributed by atoms with Crippen molar-refractivity contribution < 1.29 is 9.59 Å². The molecule has 1 amide bonds. The Morgan fingerprint density at radius 2 is 1.58 bits per heavy atom. The van der Waals surface area contributed by atoms with Crippen molar-refractivity contribution in [2.24, 2.45) is 0 Å². The Bertz CT molecular complexity index is 1180. The highest BCUT2D eigenvalue weighted by Crippen LogP contribution is 2.30. The number of carbonyl (C=O) groups excluding carboxylic acids is 2. The van der Waals surface area contributed by atoms with Crippen molar-refractivity contribution in [1.29, 1.82) is 0 Å². The van der Waals surface area contributed by atoms with E-state index in [1.807, 2.05) is 67.7 Å². The highest BCUT2D eigenvalue weighted by molar-refractivity contribution is 5.98. The van der Waals surface area contributed by atoms with Gasteiger partial charge in [0.2, 0.25) is 5.91 Å². The molecule has 31 heavy (non-hydrogen) atoms. The number of para-hydroxylation sites is 1. The lowest BCUT2D eigenvalue weighted by Crippen LogP contribution is -2.29. The Morgan fingerprint density at radius 1 is 0.871 bits per heavy atom. The molecule has 4 nitrogen and oxygen atoms in total. The molecule has 0 spiro atoms. The zero-order valence-electron chi connectivity index (χ0n) is 17.6. The molecule has 4 rings (SSSR count). The number of aryl methyl sites for hydroxylation is 1. The Morgan fingerprint density at radius 3 is 2.35 bits per heavy atom. The first-order valence-electron chi connectivity index (χ1n) is 10.6. The van der Waals surface area contributed by atoms with E-state index in [2.05, 4.69) is 34.6 Å². The summed E-state index contributed by atoms with van der Waals surface area (Å²) in [5.41, 5.74) is 5.13. The number of rotatable bonds is 8. The summed E-state index contributed by atoms with van der Waals surface area (Å²) in [5, 5.41) is 4.20. The summed E-state index contributed by atoms with van der Waals surface area (Å²) in [4.78, 5) is 28.2. The predicted molar refractivity (Wildman–Crippen MR) is 124 cm³/mol. The number of benzene rings is 3. The summed E-state index contributed by atoms with van der Waals surface area (Å²) < 4.78 is 0. The number of hydrogen-bond acceptors (Lipinski definition) is 2. The van der Waals surface area contributed by atoms with Crippen molar-refractivity contribution in [2.45, 2.75) is 25.7 Å². The topological polar surface area (TPSA) is 62.0 Å². The summed E-state index contributed by atoms with van der Waals surface area (Å²) in [6.07, 6.45) is 2.41. The van der Waals surface area contributed by atoms with Crippen LogP contribution in [0, 0.1) is 6.92 Å². The van der Waals surface area contributed by atoms with Crippen LogP contribution < -0.4 is 5.32 Å². The van der Waals surface area contributed by atoms with Gasteiger partial charge in [0.1, 0.15) is 0 Å². The van der Waals surface area contributed by atoms with Crippen molar-refractivity contribution in [3.63, 3.8) is 0 Å². The molecule has 0 aliphatic carbocycles. The SMILES string of the molecule is Cc1ccc(C(=O)CCC(=O)NCC(c2ccccc2)c2c[nH]c3ccccc23)cc1. The number of ketones is 1. The van der Waals surface area contributed by atoms with Crippen LogP contribution in [0.5, 0.6) is 0 Å². The molecule has 1 unspecified atom stereocenters. The van der Waals surface area contributed by atoms with E-state index in [4.69, 9.17) is 0 Å². The van der Waals surface area contributed by atoms with Crippen molar-refractivity contribution in [1.82, 2.24) is 10.3 Å². The van der Waals surface area contributed by atoms with Crippen molar-refractivity contribution in [3.8, 4) is 0 Å². The van der Waals surface area contributed by atoms with Crippen LogP contribution in [0.3, 0.4) is 0 Å². The van der Waals surface area contributed by atoms with E-state index in [0.29, 0.717) is 12.1 Å². The average Bonchev–Trinajstić information content (AvgIpc) is 3.23. The molecule has 1 heterocycles. The summed E-state index contributed by atoms with van der Waals surface area (Å²) >= 11 is 0. The van der Waals surface area contributed by atoms with Gasteiger partial charge in [-0.25, -0.2) is 0 Å². The Balaban J connectivity index is 1.43. The lowest BCUT2D eigenvalue weighted by Gasteiger charge is -2.18. The summed E-state index contributed by atoms with van der Waals surface area (Å²) in [5.74, 6) is -0.0956. The molecule has 0 aliphatic rings. The second kappa shape index (κ2) is 9.43. The van der Waals surface area contributed by atoms with Gasteiger partial charge in [0.15, 0.2) is 5.78 Å². The maximum Gasteiger partial charge on any atom is 0.220 e. The van der Waals surface area contributed by atoms with Gasteiger partial charge in [-0.2, -0.15) is 0 Å². The van der Waals surface area contributed by atoms with Crippen LogP contribution in [0.2, 0.25) is 0 Å². The van der Waals surface area contributed by atoms with Crippen LogP contribution in [0.15, 0.2) is 85.1 Å². The lowest BCUT2D eigenvalue weighted by molar-refractivity contribution is -0.121. The molecule has 0 saturated carbocycles. The maximum absolute atomic E-state index is 12.5. The molecule has 156 valence electrons. The number of carbonyl (C=O) groups is 2. The van der Waals surface area contributed by atoms with Crippen molar-refractivity contribution in [2.75, 3.05) is 6.54 Å². The first kappa shape index (κ1) is 20.6. The molecule has 2 N–H and O–H groups in total. The Kier molecular flexibility index (Phi) is 6.27. The fourth-order valence-electron chi connectivity index (χ4n) is 3.89. The van der Waals surface area contributed by atoms with E-state index in [1.165, 1.54) is 0 Å². The highest BCUT2D eigenvalue weighted by atomic mass is 16.2. The third-order valence-corrected chi connectivity index (χ3v) is 5.65. The van der Waals surface area contributed by atoms with Crippen LogP contribution in [0.1, 0.15) is 45.8 Å². The minimum Gasteiger partial charge on any atom is -0.361 e. The second-order valence-corrected chi connectivity index (χ2v) is 7.85. The van der Waals surface area contributed by atoms with Crippen molar-refractivity contribution >= 4 is 22.6 Å². The van der Waals surface area contributed by atoms with E-state index in [1.54, 1.807) is 0 Å².